The van der Waals surface area contributed by atoms with Gasteiger partial charge in [-0.1, -0.05) is 256 Å². The molecule has 1 unspecified atom stereocenters. The lowest BCUT2D eigenvalue weighted by Gasteiger charge is -2.18. The molecule has 0 amide bonds. The third-order valence-corrected chi connectivity index (χ3v) is 12.3. The Morgan fingerprint density at radius 3 is 0.829 bits per heavy atom. The van der Waals surface area contributed by atoms with Gasteiger partial charge in [0, 0.05) is 19.3 Å². The van der Waals surface area contributed by atoms with Crippen LogP contribution in [0.15, 0.2) is 158 Å². The van der Waals surface area contributed by atoms with Gasteiger partial charge in [0.1, 0.15) is 13.2 Å². The van der Waals surface area contributed by atoms with Gasteiger partial charge in [0.25, 0.3) is 0 Å². The summed E-state index contributed by atoms with van der Waals surface area (Å²) in [6.45, 7) is 6.33. The van der Waals surface area contributed by atoms with Crippen molar-refractivity contribution >= 4 is 17.9 Å². The van der Waals surface area contributed by atoms with Gasteiger partial charge in [-0.3, -0.25) is 14.4 Å². The van der Waals surface area contributed by atoms with Crippen LogP contribution in [-0.4, -0.2) is 37.2 Å². The number of rotatable bonds is 53. The number of unbranched alkanes of at least 4 members (excludes halogenated alkanes) is 16. The van der Waals surface area contributed by atoms with Crippen molar-refractivity contribution in [2.24, 2.45) is 0 Å². The first kappa shape index (κ1) is 71.0. The summed E-state index contributed by atoms with van der Waals surface area (Å²) in [6, 6.07) is 0. The molecule has 0 bridgehead atoms. The van der Waals surface area contributed by atoms with E-state index in [0.717, 1.165) is 141 Å². The summed E-state index contributed by atoms with van der Waals surface area (Å²) in [4.78, 5) is 38.0. The van der Waals surface area contributed by atoms with Gasteiger partial charge in [-0.05, 0) is 128 Å². The molecular formula is C70H110O6. The van der Waals surface area contributed by atoms with E-state index >= 15 is 0 Å². The molecule has 0 aromatic heterocycles. The zero-order chi connectivity index (χ0) is 55.0. The first-order chi connectivity index (χ1) is 37.5. The number of carbonyl (C=O) groups is 3. The van der Waals surface area contributed by atoms with Crippen LogP contribution >= 0.6 is 0 Å². The lowest BCUT2D eigenvalue weighted by Crippen LogP contribution is -2.30. The molecule has 0 fully saturated rings. The minimum Gasteiger partial charge on any atom is -0.462 e. The van der Waals surface area contributed by atoms with Crippen molar-refractivity contribution in [1.82, 2.24) is 0 Å². The summed E-state index contributed by atoms with van der Waals surface area (Å²) in [7, 11) is 0. The van der Waals surface area contributed by atoms with Crippen molar-refractivity contribution in [2.45, 2.75) is 252 Å². The van der Waals surface area contributed by atoms with Gasteiger partial charge >= 0.3 is 17.9 Å². The molecule has 6 heteroatoms. The van der Waals surface area contributed by atoms with E-state index in [1.165, 1.54) is 57.8 Å². The largest absolute Gasteiger partial charge is 0.462 e. The minimum absolute atomic E-state index is 0.101. The van der Waals surface area contributed by atoms with Gasteiger partial charge in [0.05, 0.1) is 0 Å². The lowest BCUT2D eigenvalue weighted by atomic mass is 10.1. The van der Waals surface area contributed by atoms with Crippen molar-refractivity contribution in [3.8, 4) is 0 Å². The summed E-state index contributed by atoms with van der Waals surface area (Å²) >= 11 is 0. The van der Waals surface area contributed by atoms with Gasteiger partial charge in [-0.25, -0.2) is 0 Å². The van der Waals surface area contributed by atoms with Crippen LogP contribution in [0.3, 0.4) is 0 Å². The van der Waals surface area contributed by atoms with E-state index in [-0.39, 0.29) is 31.1 Å². The highest BCUT2D eigenvalue weighted by Gasteiger charge is 2.19. The highest BCUT2D eigenvalue weighted by Crippen LogP contribution is 2.14. The van der Waals surface area contributed by atoms with Gasteiger partial charge in [0.2, 0.25) is 0 Å². The predicted octanol–water partition coefficient (Wildman–Crippen LogP) is 20.9. The molecule has 76 heavy (non-hydrogen) atoms. The Balaban J connectivity index is 4.31. The molecule has 0 aliphatic heterocycles. The monoisotopic (exact) mass is 1050 g/mol. The predicted molar refractivity (Wildman–Crippen MR) is 329 cm³/mol. The van der Waals surface area contributed by atoms with E-state index in [2.05, 4.69) is 179 Å². The van der Waals surface area contributed by atoms with E-state index in [1.807, 2.05) is 0 Å². The van der Waals surface area contributed by atoms with Gasteiger partial charge in [-0.2, -0.15) is 0 Å². The average molecular weight is 1050 g/mol. The Bertz CT molecular complexity index is 1720. The second kappa shape index (κ2) is 62.6. The summed E-state index contributed by atoms with van der Waals surface area (Å²) < 4.78 is 16.8. The lowest BCUT2D eigenvalue weighted by molar-refractivity contribution is -0.167. The number of carbonyl (C=O) groups excluding carboxylic acids is 3. The Labute approximate surface area is 467 Å². The number of esters is 3. The average Bonchev–Trinajstić information content (AvgIpc) is 3.42. The van der Waals surface area contributed by atoms with Crippen molar-refractivity contribution < 1.29 is 28.6 Å². The minimum atomic E-state index is -0.806. The Kier molecular flexibility index (Phi) is 58.5. The van der Waals surface area contributed by atoms with Crippen LogP contribution in [0, 0.1) is 0 Å². The van der Waals surface area contributed by atoms with Crippen molar-refractivity contribution in [3.63, 3.8) is 0 Å². The molecule has 0 heterocycles. The quantitative estimate of drug-likeness (QED) is 0.0261. The van der Waals surface area contributed by atoms with Crippen molar-refractivity contribution in [1.29, 1.82) is 0 Å². The van der Waals surface area contributed by atoms with Crippen LogP contribution in [0.2, 0.25) is 0 Å². The van der Waals surface area contributed by atoms with Crippen LogP contribution in [-0.2, 0) is 28.6 Å². The maximum atomic E-state index is 12.8. The van der Waals surface area contributed by atoms with E-state index in [9.17, 15) is 14.4 Å². The van der Waals surface area contributed by atoms with Crippen molar-refractivity contribution in [3.05, 3.63) is 158 Å². The van der Waals surface area contributed by atoms with Crippen LogP contribution in [0.1, 0.15) is 245 Å². The normalized spacial score (nSPS) is 13.2. The molecule has 0 aromatic carbocycles. The van der Waals surface area contributed by atoms with E-state index in [0.29, 0.717) is 25.7 Å². The maximum absolute atomic E-state index is 12.8. The second-order valence-corrected chi connectivity index (χ2v) is 19.5. The van der Waals surface area contributed by atoms with Crippen LogP contribution in [0.5, 0.6) is 0 Å². The summed E-state index contributed by atoms with van der Waals surface area (Å²) in [6.07, 6.45) is 91.2. The third-order valence-electron chi connectivity index (χ3n) is 12.3. The SMILES string of the molecule is CC/C=C\C/C=C\C/C=C\C/C=C\C/C=C\C/C=C\C/C=C\C/C=C\C/C=C\C/C=C\CCCCC(=O)OCC(COC(=O)CCCCCCCCCC)OC(=O)CCCCCCCCC/C=C\C/C=C\C/C=C\CC. The van der Waals surface area contributed by atoms with E-state index in [4.69, 9.17) is 14.2 Å². The smallest absolute Gasteiger partial charge is 0.306 e. The van der Waals surface area contributed by atoms with E-state index < -0.39 is 6.10 Å². The first-order valence-electron chi connectivity index (χ1n) is 30.5. The highest BCUT2D eigenvalue weighted by atomic mass is 16.6. The number of hydrogen-bond acceptors (Lipinski definition) is 6. The fourth-order valence-corrected chi connectivity index (χ4v) is 7.78. The van der Waals surface area contributed by atoms with Crippen molar-refractivity contribution in [2.75, 3.05) is 13.2 Å². The molecule has 0 radical (unpaired) electrons. The number of allylic oxidation sites excluding steroid dienone is 26. The fraction of sp³-hybridized carbons (Fsp3) is 0.586. The molecule has 6 nitrogen and oxygen atoms in total. The van der Waals surface area contributed by atoms with E-state index in [1.54, 1.807) is 0 Å². The van der Waals surface area contributed by atoms with Crippen LogP contribution in [0.25, 0.3) is 0 Å². The zero-order valence-corrected chi connectivity index (χ0v) is 48.7. The fourth-order valence-electron chi connectivity index (χ4n) is 7.78. The standard InChI is InChI=1S/C70H110O6/c1-4-7-10-13-16-19-21-23-25-27-28-29-30-31-32-33-34-35-36-37-38-39-40-41-42-44-45-47-49-51-54-57-60-63-69(72)75-66-67(65-74-68(71)62-59-56-53-18-15-12-9-6-3)76-70(73)64-61-58-55-52-50-48-46-43-26-24-22-20-17-14-11-8-5-2/h7-8,10-11,16-17,19-20,23-26,28-29,31-32,34-35,37-38,40-41,44-45,49,51,67H,4-6,9,12-15,18,21-22,27,30,33,36,39,42-43,46-48,50,52-66H2,1-3H3/b10-7-,11-8-,19-16-,20-17-,25-23-,26-24-,29-28-,32-31-,35-34-,38-37-,41-40-,45-44-,51-49-. The molecule has 0 saturated carbocycles. The zero-order valence-electron chi connectivity index (χ0n) is 48.7. The van der Waals surface area contributed by atoms with Crippen LogP contribution < -0.4 is 0 Å². The molecule has 426 valence electrons. The molecule has 0 rings (SSSR count). The van der Waals surface area contributed by atoms with Gasteiger partial charge < -0.3 is 14.2 Å². The molecule has 0 aromatic rings. The second-order valence-electron chi connectivity index (χ2n) is 19.5. The molecule has 1 atom stereocenters. The Hall–Kier alpha value is -4.97. The summed E-state index contributed by atoms with van der Waals surface area (Å²) in [5, 5.41) is 0. The number of hydrogen-bond donors (Lipinski definition) is 0. The molecule has 0 spiro atoms. The maximum Gasteiger partial charge on any atom is 0.306 e. The van der Waals surface area contributed by atoms with Gasteiger partial charge in [-0.15, -0.1) is 0 Å². The Morgan fingerprint density at radius 1 is 0.276 bits per heavy atom. The van der Waals surface area contributed by atoms with Gasteiger partial charge in [0.15, 0.2) is 6.10 Å². The molecule has 0 aliphatic rings. The Morgan fingerprint density at radius 2 is 0.513 bits per heavy atom. The summed E-state index contributed by atoms with van der Waals surface area (Å²) in [5.41, 5.74) is 0. The third kappa shape index (κ3) is 59.9. The van der Waals surface area contributed by atoms with Crippen LogP contribution in [0.4, 0.5) is 0 Å². The topological polar surface area (TPSA) is 78.9 Å². The highest BCUT2D eigenvalue weighted by molar-refractivity contribution is 5.71. The first-order valence-corrected chi connectivity index (χ1v) is 30.5. The molecular weight excluding hydrogens is 937 g/mol. The molecule has 0 saturated heterocycles. The summed E-state index contributed by atoms with van der Waals surface area (Å²) in [5.74, 6) is -0.968. The number of ether oxygens (including phenoxy) is 3. The molecule has 0 aliphatic carbocycles. The molecule has 0 N–H and O–H groups in total.